The number of benzene rings is 2. The lowest BCUT2D eigenvalue weighted by molar-refractivity contribution is 0.355. The van der Waals surface area contributed by atoms with Gasteiger partial charge in [-0.05, 0) is 23.8 Å². The fourth-order valence-electron chi connectivity index (χ4n) is 2.05. The molecule has 0 aromatic heterocycles. The Morgan fingerprint density at radius 2 is 1.62 bits per heavy atom. The number of ether oxygens (including phenoxy) is 3. The first-order valence-electron chi connectivity index (χ1n) is 6.47. The van der Waals surface area contributed by atoms with Gasteiger partial charge in [-0.1, -0.05) is 29.8 Å². The minimum Gasteiger partial charge on any atom is -0.495 e. The largest absolute Gasteiger partial charge is 0.495 e. The Bertz CT molecular complexity index is 616. The number of halogens is 1. The van der Waals surface area contributed by atoms with Crippen molar-refractivity contribution in [2.45, 2.75) is 6.54 Å². The third-order valence-corrected chi connectivity index (χ3v) is 3.56. The SMILES string of the molecule is COc1ccccc1NCc1ccc(OC)c(OC)c1Cl. The lowest BCUT2D eigenvalue weighted by Crippen LogP contribution is -2.03. The van der Waals surface area contributed by atoms with Crippen LogP contribution in [0, 0.1) is 0 Å². The number of rotatable bonds is 6. The average molecular weight is 308 g/mol. The molecule has 2 aromatic carbocycles. The second-order valence-electron chi connectivity index (χ2n) is 4.33. The van der Waals surface area contributed by atoms with Crippen LogP contribution in [0.3, 0.4) is 0 Å². The lowest BCUT2D eigenvalue weighted by Gasteiger charge is -2.15. The fraction of sp³-hybridized carbons (Fsp3) is 0.250. The number of anilines is 1. The first kappa shape index (κ1) is 15.3. The van der Waals surface area contributed by atoms with Crippen LogP contribution >= 0.6 is 11.6 Å². The molecule has 0 aliphatic rings. The first-order chi connectivity index (χ1) is 10.2. The molecule has 0 amide bonds. The molecule has 0 fully saturated rings. The molecule has 2 aromatic rings. The van der Waals surface area contributed by atoms with Gasteiger partial charge in [-0.2, -0.15) is 0 Å². The van der Waals surface area contributed by atoms with Gasteiger partial charge in [0.05, 0.1) is 32.0 Å². The van der Waals surface area contributed by atoms with E-state index in [1.54, 1.807) is 21.3 Å². The Kier molecular flexibility index (Phi) is 5.17. The predicted octanol–water partition coefficient (Wildman–Crippen LogP) is 3.98. The van der Waals surface area contributed by atoms with Gasteiger partial charge in [-0.3, -0.25) is 0 Å². The molecule has 0 aliphatic carbocycles. The Morgan fingerprint density at radius 1 is 0.905 bits per heavy atom. The van der Waals surface area contributed by atoms with Crippen LogP contribution in [-0.2, 0) is 6.54 Å². The van der Waals surface area contributed by atoms with Gasteiger partial charge in [0, 0.05) is 6.54 Å². The van der Waals surface area contributed by atoms with E-state index in [9.17, 15) is 0 Å². The van der Waals surface area contributed by atoms with Gasteiger partial charge in [-0.15, -0.1) is 0 Å². The number of hydrogen-bond donors (Lipinski definition) is 1. The van der Waals surface area contributed by atoms with Crippen LogP contribution in [0.15, 0.2) is 36.4 Å². The van der Waals surface area contributed by atoms with Crippen molar-refractivity contribution in [2.75, 3.05) is 26.6 Å². The fourth-order valence-corrected chi connectivity index (χ4v) is 2.35. The van der Waals surface area contributed by atoms with Gasteiger partial charge in [-0.25, -0.2) is 0 Å². The average Bonchev–Trinajstić information content (AvgIpc) is 2.53. The van der Waals surface area contributed by atoms with E-state index in [2.05, 4.69) is 5.32 Å². The number of para-hydroxylation sites is 2. The minimum absolute atomic E-state index is 0.540. The van der Waals surface area contributed by atoms with Crippen molar-refractivity contribution in [1.82, 2.24) is 0 Å². The van der Waals surface area contributed by atoms with Crippen molar-refractivity contribution in [1.29, 1.82) is 0 Å². The Hall–Kier alpha value is -2.07. The molecule has 0 unspecified atom stereocenters. The summed E-state index contributed by atoms with van der Waals surface area (Å²) < 4.78 is 15.8. The van der Waals surface area contributed by atoms with Crippen molar-refractivity contribution in [3.8, 4) is 17.2 Å². The highest BCUT2D eigenvalue weighted by atomic mass is 35.5. The van der Waals surface area contributed by atoms with Gasteiger partial charge in [0.15, 0.2) is 11.5 Å². The summed E-state index contributed by atoms with van der Waals surface area (Å²) in [7, 11) is 4.80. The zero-order valence-corrected chi connectivity index (χ0v) is 13.0. The highest BCUT2D eigenvalue weighted by Gasteiger charge is 2.13. The zero-order valence-electron chi connectivity index (χ0n) is 12.3. The highest BCUT2D eigenvalue weighted by Crippen LogP contribution is 2.37. The maximum absolute atomic E-state index is 6.36. The third kappa shape index (κ3) is 3.34. The minimum atomic E-state index is 0.540. The lowest BCUT2D eigenvalue weighted by atomic mass is 10.2. The van der Waals surface area contributed by atoms with Crippen molar-refractivity contribution >= 4 is 17.3 Å². The Labute approximate surface area is 129 Å². The van der Waals surface area contributed by atoms with Crippen LogP contribution < -0.4 is 19.5 Å². The standard InChI is InChI=1S/C16H18ClNO3/c1-19-13-7-5-4-6-12(13)18-10-11-8-9-14(20-2)16(21-3)15(11)17/h4-9,18H,10H2,1-3H3. The van der Waals surface area contributed by atoms with E-state index in [0.717, 1.165) is 17.0 Å². The normalized spacial score (nSPS) is 10.1. The molecule has 0 saturated heterocycles. The molecule has 0 heterocycles. The Morgan fingerprint density at radius 3 is 2.29 bits per heavy atom. The van der Waals surface area contributed by atoms with E-state index in [4.69, 9.17) is 25.8 Å². The summed E-state index contributed by atoms with van der Waals surface area (Å²) in [6.07, 6.45) is 0. The molecule has 112 valence electrons. The summed E-state index contributed by atoms with van der Waals surface area (Å²) in [4.78, 5) is 0. The molecule has 0 bridgehead atoms. The molecule has 0 radical (unpaired) electrons. The second kappa shape index (κ2) is 7.09. The molecule has 21 heavy (non-hydrogen) atoms. The number of hydrogen-bond acceptors (Lipinski definition) is 4. The van der Waals surface area contributed by atoms with Crippen molar-refractivity contribution in [3.63, 3.8) is 0 Å². The molecule has 5 heteroatoms. The first-order valence-corrected chi connectivity index (χ1v) is 6.85. The van der Waals surface area contributed by atoms with E-state index < -0.39 is 0 Å². The van der Waals surface area contributed by atoms with Crippen molar-refractivity contribution in [2.24, 2.45) is 0 Å². The number of nitrogens with one attached hydrogen (secondary N) is 1. The van der Waals surface area contributed by atoms with Crippen LogP contribution in [0.2, 0.25) is 5.02 Å². The quantitative estimate of drug-likeness (QED) is 0.876. The third-order valence-electron chi connectivity index (χ3n) is 3.14. The Balaban J connectivity index is 2.20. The van der Waals surface area contributed by atoms with E-state index in [1.807, 2.05) is 36.4 Å². The molecule has 0 atom stereocenters. The van der Waals surface area contributed by atoms with Crippen LogP contribution in [0.4, 0.5) is 5.69 Å². The van der Waals surface area contributed by atoms with Crippen molar-refractivity contribution in [3.05, 3.63) is 47.0 Å². The topological polar surface area (TPSA) is 39.7 Å². The highest BCUT2D eigenvalue weighted by molar-refractivity contribution is 6.33. The molecule has 1 N–H and O–H groups in total. The summed E-state index contributed by atoms with van der Waals surface area (Å²) in [5, 5.41) is 3.85. The summed E-state index contributed by atoms with van der Waals surface area (Å²) in [5.41, 5.74) is 1.83. The van der Waals surface area contributed by atoms with E-state index >= 15 is 0 Å². The summed E-state index contributed by atoms with van der Waals surface area (Å²) >= 11 is 6.36. The monoisotopic (exact) mass is 307 g/mol. The smallest absolute Gasteiger partial charge is 0.179 e. The van der Waals surface area contributed by atoms with Crippen LogP contribution in [0.1, 0.15) is 5.56 Å². The summed E-state index contributed by atoms with van der Waals surface area (Å²) in [6, 6.07) is 11.5. The second-order valence-corrected chi connectivity index (χ2v) is 4.71. The van der Waals surface area contributed by atoms with Gasteiger partial charge in [0.1, 0.15) is 5.75 Å². The summed E-state index contributed by atoms with van der Waals surface area (Å²) in [6.45, 7) is 0.555. The van der Waals surface area contributed by atoms with Crippen molar-refractivity contribution < 1.29 is 14.2 Å². The maximum Gasteiger partial charge on any atom is 0.179 e. The molecular formula is C16H18ClNO3. The van der Waals surface area contributed by atoms with Crippen LogP contribution in [0.5, 0.6) is 17.2 Å². The molecule has 0 spiro atoms. The van der Waals surface area contributed by atoms with Gasteiger partial charge >= 0.3 is 0 Å². The molecule has 0 saturated carbocycles. The number of methoxy groups -OCH3 is 3. The zero-order chi connectivity index (χ0) is 15.2. The van der Waals surface area contributed by atoms with Gasteiger partial charge in [0.25, 0.3) is 0 Å². The van der Waals surface area contributed by atoms with Gasteiger partial charge in [0.2, 0.25) is 0 Å². The summed E-state index contributed by atoms with van der Waals surface area (Å²) in [5.74, 6) is 1.94. The van der Waals surface area contributed by atoms with E-state index in [1.165, 1.54) is 0 Å². The van der Waals surface area contributed by atoms with Crippen LogP contribution in [0.25, 0.3) is 0 Å². The molecular weight excluding hydrogens is 290 g/mol. The van der Waals surface area contributed by atoms with Gasteiger partial charge < -0.3 is 19.5 Å². The predicted molar refractivity (Wildman–Crippen MR) is 84.9 cm³/mol. The molecule has 2 rings (SSSR count). The van der Waals surface area contributed by atoms with E-state index in [0.29, 0.717) is 23.1 Å². The molecule has 4 nitrogen and oxygen atoms in total. The van der Waals surface area contributed by atoms with Crippen LogP contribution in [-0.4, -0.2) is 21.3 Å². The molecule has 0 aliphatic heterocycles. The maximum atomic E-state index is 6.36. The van der Waals surface area contributed by atoms with E-state index in [-0.39, 0.29) is 0 Å².